The van der Waals surface area contributed by atoms with Crippen LogP contribution in [0, 0.1) is 12.7 Å². The van der Waals surface area contributed by atoms with E-state index in [0.717, 1.165) is 24.9 Å². The summed E-state index contributed by atoms with van der Waals surface area (Å²) in [6.07, 6.45) is 1.75. The van der Waals surface area contributed by atoms with Gasteiger partial charge in [-0.2, -0.15) is 0 Å². The van der Waals surface area contributed by atoms with E-state index >= 15 is 0 Å². The molecule has 2 N–H and O–H groups in total. The molecule has 1 aliphatic rings. The maximum Gasteiger partial charge on any atom is 0.236 e. The highest BCUT2D eigenvalue weighted by molar-refractivity contribution is 5.81. The third-order valence-electron chi connectivity index (χ3n) is 3.62. The summed E-state index contributed by atoms with van der Waals surface area (Å²) in [5.41, 5.74) is 1.80. The lowest BCUT2D eigenvalue weighted by Gasteiger charge is -2.29. The Morgan fingerprint density at radius 3 is 2.94 bits per heavy atom. The van der Waals surface area contributed by atoms with Crippen LogP contribution in [0.15, 0.2) is 18.2 Å². The second-order valence-corrected chi connectivity index (χ2v) is 4.85. The molecule has 2 rings (SSSR count). The zero-order valence-electron chi connectivity index (χ0n) is 10.8. The summed E-state index contributed by atoms with van der Waals surface area (Å²) in [5.74, 6) is 0.182. The van der Waals surface area contributed by atoms with Crippen molar-refractivity contribution in [1.82, 2.24) is 10.6 Å². The van der Waals surface area contributed by atoms with Gasteiger partial charge >= 0.3 is 0 Å². The Labute approximate surface area is 107 Å². The zero-order chi connectivity index (χ0) is 13.1. The first-order valence-electron chi connectivity index (χ1n) is 6.33. The topological polar surface area (TPSA) is 41.1 Å². The van der Waals surface area contributed by atoms with Crippen LogP contribution in [0.2, 0.25) is 0 Å². The van der Waals surface area contributed by atoms with Gasteiger partial charge in [-0.3, -0.25) is 4.79 Å². The quantitative estimate of drug-likeness (QED) is 0.839. The standard InChI is InChI=1S/C14H19FN2O/c1-9-7-10(3-4-12(9)15)11-5-6-17-13(8-11)14(18)16-2/h3-4,7,11,13,17H,5-6,8H2,1-2H3,(H,16,18). The number of halogens is 1. The minimum atomic E-state index is -0.171. The van der Waals surface area contributed by atoms with Crippen LogP contribution in [-0.2, 0) is 4.79 Å². The molecular formula is C14H19FN2O. The van der Waals surface area contributed by atoms with Crippen molar-refractivity contribution in [3.63, 3.8) is 0 Å². The monoisotopic (exact) mass is 250 g/mol. The van der Waals surface area contributed by atoms with Gasteiger partial charge in [-0.25, -0.2) is 4.39 Å². The Bertz CT molecular complexity index is 447. The Hall–Kier alpha value is -1.42. The lowest BCUT2D eigenvalue weighted by Crippen LogP contribution is -2.47. The highest BCUT2D eigenvalue weighted by Gasteiger charge is 2.27. The second kappa shape index (κ2) is 5.48. The van der Waals surface area contributed by atoms with E-state index in [1.165, 1.54) is 6.07 Å². The normalized spacial score (nSPS) is 23.7. The molecule has 0 spiro atoms. The third kappa shape index (κ3) is 2.70. The van der Waals surface area contributed by atoms with Crippen LogP contribution in [0.3, 0.4) is 0 Å². The number of hydrogen-bond acceptors (Lipinski definition) is 2. The molecule has 1 fully saturated rings. The van der Waals surface area contributed by atoms with E-state index in [1.54, 1.807) is 14.0 Å². The van der Waals surface area contributed by atoms with Crippen LogP contribution in [0.1, 0.15) is 29.9 Å². The maximum atomic E-state index is 13.2. The molecule has 1 aliphatic heterocycles. The fourth-order valence-electron chi connectivity index (χ4n) is 2.52. The minimum Gasteiger partial charge on any atom is -0.358 e. The lowest BCUT2D eigenvalue weighted by atomic mass is 9.85. The summed E-state index contributed by atoms with van der Waals surface area (Å²) in [7, 11) is 1.65. The van der Waals surface area contributed by atoms with Crippen molar-refractivity contribution in [3.05, 3.63) is 35.1 Å². The average molecular weight is 250 g/mol. The summed E-state index contributed by atoms with van der Waals surface area (Å²) in [6.45, 7) is 2.59. The maximum absolute atomic E-state index is 13.2. The molecule has 0 aliphatic carbocycles. The summed E-state index contributed by atoms with van der Waals surface area (Å²) < 4.78 is 13.2. The molecule has 0 bridgehead atoms. The lowest BCUT2D eigenvalue weighted by molar-refractivity contribution is -0.123. The van der Waals surface area contributed by atoms with Gasteiger partial charge in [0.05, 0.1) is 6.04 Å². The molecule has 1 heterocycles. The number of hydrogen-bond donors (Lipinski definition) is 2. The van der Waals surface area contributed by atoms with Crippen LogP contribution in [0.4, 0.5) is 4.39 Å². The number of benzene rings is 1. The highest BCUT2D eigenvalue weighted by Crippen LogP contribution is 2.28. The van der Waals surface area contributed by atoms with E-state index in [1.807, 2.05) is 12.1 Å². The summed E-state index contributed by atoms with van der Waals surface area (Å²) in [6, 6.07) is 5.10. The van der Waals surface area contributed by atoms with Crippen molar-refractivity contribution in [3.8, 4) is 0 Å². The fourth-order valence-corrected chi connectivity index (χ4v) is 2.52. The van der Waals surface area contributed by atoms with Crippen molar-refractivity contribution in [1.29, 1.82) is 0 Å². The molecule has 2 unspecified atom stereocenters. The Morgan fingerprint density at radius 2 is 2.28 bits per heavy atom. The molecule has 2 atom stereocenters. The van der Waals surface area contributed by atoms with Gasteiger partial charge in [-0.1, -0.05) is 12.1 Å². The summed E-state index contributed by atoms with van der Waals surface area (Å²) >= 11 is 0. The number of piperidine rings is 1. The Kier molecular flexibility index (Phi) is 3.97. The molecule has 1 aromatic rings. The van der Waals surface area contributed by atoms with Crippen LogP contribution in [0.25, 0.3) is 0 Å². The van der Waals surface area contributed by atoms with E-state index in [4.69, 9.17) is 0 Å². The van der Waals surface area contributed by atoms with Gasteiger partial charge < -0.3 is 10.6 Å². The first-order chi connectivity index (χ1) is 8.61. The number of rotatable bonds is 2. The molecule has 0 saturated carbocycles. The van der Waals surface area contributed by atoms with E-state index in [9.17, 15) is 9.18 Å². The predicted molar refractivity (Wildman–Crippen MR) is 69.0 cm³/mol. The number of carbonyl (C=O) groups excluding carboxylic acids is 1. The first kappa shape index (κ1) is 13.0. The van der Waals surface area contributed by atoms with Crippen molar-refractivity contribution in [2.75, 3.05) is 13.6 Å². The molecule has 0 radical (unpaired) electrons. The molecule has 3 nitrogen and oxygen atoms in total. The SMILES string of the molecule is CNC(=O)C1CC(c2ccc(F)c(C)c2)CCN1. The minimum absolute atomic E-state index is 0.0264. The van der Waals surface area contributed by atoms with Crippen LogP contribution in [-0.4, -0.2) is 25.5 Å². The smallest absolute Gasteiger partial charge is 0.236 e. The number of amides is 1. The third-order valence-corrected chi connectivity index (χ3v) is 3.62. The van der Waals surface area contributed by atoms with Gasteiger partial charge in [0, 0.05) is 7.05 Å². The first-order valence-corrected chi connectivity index (χ1v) is 6.33. The van der Waals surface area contributed by atoms with Crippen molar-refractivity contribution in [2.45, 2.75) is 31.7 Å². The molecule has 98 valence electrons. The molecule has 4 heteroatoms. The molecule has 1 saturated heterocycles. The number of aryl methyl sites for hydroxylation is 1. The number of likely N-dealkylation sites (N-methyl/N-ethyl adjacent to an activating group) is 1. The molecule has 18 heavy (non-hydrogen) atoms. The number of nitrogens with one attached hydrogen (secondary N) is 2. The largest absolute Gasteiger partial charge is 0.358 e. The van der Waals surface area contributed by atoms with E-state index in [0.29, 0.717) is 11.5 Å². The van der Waals surface area contributed by atoms with Gasteiger partial charge in [0.25, 0.3) is 0 Å². The Morgan fingerprint density at radius 1 is 1.50 bits per heavy atom. The fraction of sp³-hybridized carbons (Fsp3) is 0.500. The van der Waals surface area contributed by atoms with E-state index in [2.05, 4.69) is 10.6 Å². The van der Waals surface area contributed by atoms with E-state index < -0.39 is 0 Å². The molecule has 1 amide bonds. The van der Waals surface area contributed by atoms with E-state index in [-0.39, 0.29) is 17.8 Å². The average Bonchev–Trinajstić information content (AvgIpc) is 2.41. The molecular weight excluding hydrogens is 231 g/mol. The predicted octanol–water partition coefficient (Wildman–Crippen LogP) is 1.72. The summed E-state index contributed by atoms with van der Waals surface area (Å²) in [4.78, 5) is 11.6. The molecule has 1 aromatic carbocycles. The molecule has 0 aromatic heterocycles. The van der Waals surface area contributed by atoms with Crippen LogP contribution >= 0.6 is 0 Å². The van der Waals surface area contributed by atoms with Gasteiger partial charge in [0.2, 0.25) is 5.91 Å². The second-order valence-electron chi connectivity index (χ2n) is 4.85. The Balaban J connectivity index is 2.13. The van der Waals surface area contributed by atoms with Gasteiger partial charge in [0.1, 0.15) is 5.82 Å². The van der Waals surface area contributed by atoms with Gasteiger partial charge in [-0.05, 0) is 49.4 Å². The van der Waals surface area contributed by atoms with Crippen molar-refractivity contribution >= 4 is 5.91 Å². The van der Waals surface area contributed by atoms with Crippen LogP contribution < -0.4 is 10.6 Å². The van der Waals surface area contributed by atoms with Crippen molar-refractivity contribution < 1.29 is 9.18 Å². The van der Waals surface area contributed by atoms with Gasteiger partial charge in [-0.15, -0.1) is 0 Å². The zero-order valence-corrected chi connectivity index (χ0v) is 10.8. The number of carbonyl (C=O) groups is 1. The summed E-state index contributed by atoms with van der Waals surface area (Å²) in [5, 5.41) is 5.88. The van der Waals surface area contributed by atoms with Gasteiger partial charge in [0.15, 0.2) is 0 Å². The highest BCUT2D eigenvalue weighted by atomic mass is 19.1. The van der Waals surface area contributed by atoms with Crippen LogP contribution in [0.5, 0.6) is 0 Å². The van der Waals surface area contributed by atoms with Crippen molar-refractivity contribution in [2.24, 2.45) is 0 Å².